The van der Waals surface area contributed by atoms with Gasteiger partial charge in [0.15, 0.2) is 0 Å². The third kappa shape index (κ3) is 3.80. The molecule has 0 bridgehead atoms. The van der Waals surface area contributed by atoms with Crippen LogP contribution in [0.3, 0.4) is 0 Å². The molecular formula is C13H15ClN2O3S. The third-order valence-electron chi connectivity index (χ3n) is 2.83. The van der Waals surface area contributed by atoms with Crippen molar-refractivity contribution in [2.45, 2.75) is 12.5 Å². The summed E-state index contributed by atoms with van der Waals surface area (Å²) in [4.78, 5) is 23.7. The molecule has 1 atom stereocenters. The molecule has 5 nitrogen and oxygen atoms in total. The van der Waals surface area contributed by atoms with Gasteiger partial charge in [-0.15, -0.1) is 0 Å². The van der Waals surface area contributed by atoms with E-state index in [-0.39, 0.29) is 11.8 Å². The summed E-state index contributed by atoms with van der Waals surface area (Å²) in [5.41, 5.74) is 0.494. The van der Waals surface area contributed by atoms with Crippen LogP contribution in [0.4, 0.5) is 5.69 Å². The molecule has 7 heteroatoms. The van der Waals surface area contributed by atoms with Gasteiger partial charge in [-0.2, -0.15) is 11.8 Å². The first-order valence-electron chi connectivity index (χ1n) is 6.11. The summed E-state index contributed by atoms with van der Waals surface area (Å²) >= 11 is 7.49. The number of benzene rings is 1. The van der Waals surface area contributed by atoms with Crippen LogP contribution >= 0.6 is 23.4 Å². The van der Waals surface area contributed by atoms with Crippen molar-refractivity contribution in [1.29, 1.82) is 0 Å². The summed E-state index contributed by atoms with van der Waals surface area (Å²) in [6.07, 6.45) is 0.439. The van der Waals surface area contributed by atoms with Crippen LogP contribution < -0.4 is 15.4 Å². The molecule has 1 saturated heterocycles. The molecule has 0 saturated carbocycles. The molecule has 1 heterocycles. The number of amides is 2. The zero-order valence-electron chi connectivity index (χ0n) is 10.9. The minimum Gasteiger partial charge on any atom is -0.495 e. The molecule has 0 radical (unpaired) electrons. The molecule has 0 aliphatic carbocycles. The van der Waals surface area contributed by atoms with Gasteiger partial charge >= 0.3 is 0 Å². The summed E-state index contributed by atoms with van der Waals surface area (Å²) in [6, 6.07) is 4.43. The van der Waals surface area contributed by atoms with E-state index in [2.05, 4.69) is 10.6 Å². The summed E-state index contributed by atoms with van der Waals surface area (Å²) in [7, 11) is 1.52. The number of hydrogen-bond acceptors (Lipinski definition) is 4. The number of methoxy groups -OCH3 is 1. The number of rotatable bonds is 3. The highest BCUT2D eigenvalue weighted by Crippen LogP contribution is 2.28. The van der Waals surface area contributed by atoms with Gasteiger partial charge in [-0.3, -0.25) is 9.59 Å². The van der Waals surface area contributed by atoms with Crippen LogP contribution in [0.5, 0.6) is 5.75 Å². The smallest absolute Gasteiger partial charge is 0.247 e. The van der Waals surface area contributed by atoms with Crippen LogP contribution in [-0.2, 0) is 9.59 Å². The van der Waals surface area contributed by atoms with E-state index in [9.17, 15) is 9.59 Å². The van der Waals surface area contributed by atoms with Crippen molar-refractivity contribution in [2.24, 2.45) is 0 Å². The maximum Gasteiger partial charge on any atom is 0.247 e. The molecule has 2 amide bonds. The van der Waals surface area contributed by atoms with E-state index in [1.54, 1.807) is 30.0 Å². The summed E-state index contributed by atoms with van der Waals surface area (Å²) in [5.74, 6) is 1.44. The highest BCUT2D eigenvalue weighted by molar-refractivity contribution is 7.99. The summed E-state index contributed by atoms with van der Waals surface area (Å²) in [5, 5.41) is 5.95. The number of halogens is 1. The topological polar surface area (TPSA) is 67.4 Å². The minimum atomic E-state index is -0.543. The standard InChI is InChI=1S/C13H15ClN2O3S/c1-19-11-3-2-8(14)6-9(11)16-13(18)10-7-20-5-4-12(17)15-10/h2-3,6,10H,4-5,7H2,1H3,(H,15,17)(H,16,18)/t10-/m0/s1. The number of ether oxygens (including phenoxy) is 1. The molecule has 1 aliphatic heterocycles. The minimum absolute atomic E-state index is 0.104. The number of carbonyl (C=O) groups excluding carboxylic acids is 2. The molecular weight excluding hydrogens is 300 g/mol. The van der Waals surface area contributed by atoms with E-state index >= 15 is 0 Å². The first-order valence-corrected chi connectivity index (χ1v) is 7.65. The van der Waals surface area contributed by atoms with E-state index in [0.29, 0.717) is 28.6 Å². The molecule has 20 heavy (non-hydrogen) atoms. The summed E-state index contributed by atoms with van der Waals surface area (Å²) in [6.45, 7) is 0. The second-order valence-electron chi connectivity index (χ2n) is 4.28. The molecule has 1 aromatic carbocycles. The normalized spacial score (nSPS) is 18.9. The predicted octanol–water partition coefficient (Wildman–Crippen LogP) is 1.91. The van der Waals surface area contributed by atoms with Gasteiger partial charge in [-0.25, -0.2) is 0 Å². The Kier molecular flexibility index (Phi) is 5.14. The number of anilines is 1. The van der Waals surface area contributed by atoms with E-state index in [1.807, 2.05) is 0 Å². The Morgan fingerprint density at radius 2 is 2.35 bits per heavy atom. The van der Waals surface area contributed by atoms with Gasteiger partial charge in [0.25, 0.3) is 0 Å². The van der Waals surface area contributed by atoms with Crippen molar-refractivity contribution in [3.05, 3.63) is 23.2 Å². The van der Waals surface area contributed by atoms with Gasteiger partial charge < -0.3 is 15.4 Å². The SMILES string of the molecule is COc1ccc(Cl)cc1NC(=O)[C@@H]1CSCCC(=O)N1. The van der Waals surface area contributed by atoms with Crippen molar-refractivity contribution in [2.75, 3.05) is 23.9 Å². The molecule has 0 aromatic heterocycles. The van der Waals surface area contributed by atoms with Gasteiger partial charge in [0, 0.05) is 22.9 Å². The van der Waals surface area contributed by atoms with Gasteiger partial charge in [0.1, 0.15) is 11.8 Å². The van der Waals surface area contributed by atoms with Crippen molar-refractivity contribution in [3.63, 3.8) is 0 Å². The molecule has 2 rings (SSSR count). The molecule has 1 aliphatic rings. The van der Waals surface area contributed by atoms with Crippen molar-refractivity contribution in [3.8, 4) is 5.75 Å². The Labute approximate surface area is 126 Å². The average molecular weight is 315 g/mol. The van der Waals surface area contributed by atoms with Crippen LogP contribution in [0.2, 0.25) is 5.02 Å². The fraction of sp³-hybridized carbons (Fsp3) is 0.385. The number of nitrogens with one attached hydrogen (secondary N) is 2. The average Bonchev–Trinajstić information content (AvgIpc) is 2.64. The van der Waals surface area contributed by atoms with Crippen LogP contribution in [-0.4, -0.2) is 36.5 Å². The van der Waals surface area contributed by atoms with Gasteiger partial charge in [-0.05, 0) is 18.2 Å². The largest absolute Gasteiger partial charge is 0.495 e. The van der Waals surface area contributed by atoms with Crippen molar-refractivity contribution < 1.29 is 14.3 Å². The van der Waals surface area contributed by atoms with Crippen LogP contribution in [0.25, 0.3) is 0 Å². The summed E-state index contributed by atoms with van der Waals surface area (Å²) < 4.78 is 5.17. The van der Waals surface area contributed by atoms with Crippen LogP contribution in [0.15, 0.2) is 18.2 Å². The van der Waals surface area contributed by atoms with E-state index in [1.165, 1.54) is 7.11 Å². The Bertz CT molecular complexity index is 524. The Hall–Kier alpha value is -1.40. The first-order chi connectivity index (χ1) is 9.60. The molecule has 0 spiro atoms. The van der Waals surface area contributed by atoms with Gasteiger partial charge in [0.2, 0.25) is 11.8 Å². The van der Waals surface area contributed by atoms with E-state index < -0.39 is 6.04 Å². The monoisotopic (exact) mass is 314 g/mol. The molecule has 108 valence electrons. The second-order valence-corrected chi connectivity index (χ2v) is 5.87. The quantitative estimate of drug-likeness (QED) is 0.894. The number of carbonyl (C=O) groups is 2. The highest BCUT2D eigenvalue weighted by Gasteiger charge is 2.24. The fourth-order valence-corrected chi connectivity index (χ4v) is 2.95. The van der Waals surface area contributed by atoms with Gasteiger partial charge in [-0.1, -0.05) is 11.6 Å². The van der Waals surface area contributed by atoms with Crippen molar-refractivity contribution >= 4 is 40.9 Å². The second kappa shape index (κ2) is 6.85. The third-order valence-corrected chi connectivity index (χ3v) is 4.13. The lowest BCUT2D eigenvalue weighted by atomic mass is 10.2. The first kappa shape index (κ1) is 15.0. The Balaban J connectivity index is 2.10. The maximum atomic E-state index is 12.2. The Morgan fingerprint density at radius 1 is 1.55 bits per heavy atom. The van der Waals surface area contributed by atoms with Gasteiger partial charge in [0.05, 0.1) is 12.8 Å². The van der Waals surface area contributed by atoms with Crippen molar-refractivity contribution in [1.82, 2.24) is 5.32 Å². The number of thioether (sulfide) groups is 1. The molecule has 1 fully saturated rings. The lowest BCUT2D eigenvalue weighted by Crippen LogP contribution is -2.44. The maximum absolute atomic E-state index is 12.2. The number of hydrogen-bond donors (Lipinski definition) is 2. The van der Waals surface area contributed by atoms with Crippen LogP contribution in [0.1, 0.15) is 6.42 Å². The zero-order chi connectivity index (χ0) is 14.5. The lowest BCUT2D eigenvalue weighted by Gasteiger charge is -2.16. The van der Waals surface area contributed by atoms with E-state index in [4.69, 9.17) is 16.3 Å². The predicted molar refractivity (Wildman–Crippen MR) is 80.5 cm³/mol. The lowest BCUT2D eigenvalue weighted by molar-refractivity contribution is -0.125. The highest BCUT2D eigenvalue weighted by atomic mass is 35.5. The molecule has 0 unspecified atom stereocenters. The Morgan fingerprint density at radius 3 is 3.10 bits per heavy atom. The van der Waals surface area contributed by atoms with Crippen LogP contribution in [0, 0.1) is 0 Å². The zero-order valence-corrected chi connectivity index (χ0v) is 12.5. The molecule has 1 aromatic rings. The molecule has 2 N–H and O–H groups in total. The van der Waals surface area contributed by atoms with E-state index in [0.717, 1.165) is 5.75 Å². The fourth-order valence-electron chi connectivity index (χ4n) is 1.81.